The topological polar surface area (TPSA) is 136 Å². The molecule has 0 spiro atoms. The van der Waals surface area contributed by atoms with Gasteiger partial charge in [0.1, 0.15) is 16.5 Å². The zero-order chi connectivity index (χ0) is 26.7. The van der Waals surface area contributed by atoms with Crippen molar-refractivity contribution < 1.29 is 27.0 Å². The fourth-order valence-corrected chi connectivity index (χ4v) is 6.01. The maximum atomic E-state index is 14.0. The molecular weight excluding hydrogens is 527 g/mol. The van der Waals surface area contributed by atoms with Crippen LogP contribution in [0.5, 0.6) is 0 Å². The Morgan fingerprint density at radius 3 is 2.78 bits per heavy atom. The Bertz CT molecular complexity index is 1490. The molecule has 1 aliphatic rings. The third kappa shape index (κ3) is 5.71. The van der Waals surface area contributed by atoms with Crippen LogP contribution in [0.25, 0.3) is 12.2 Å². The highest BCUT2D eigenvalue weighted by Gasteiger charge is 2.37. The Labute approximate surface area is 216 Å². The van der Waals surface area contributed by atoms with Crippen LogP contribution in [-0.2, 0) is 14.8 Å². The lowest BCUT2D eigenvalue weighted by molar-refractivity contribution is -0.384. The van der Waals surface area contributed by atoms with E-state index in [0.29, 0.717) is 12.8 Å². The number of aryl methyl sites for hydroxylation is 1. The molecular formula is C24H22ClFN4O6S. The molecule has 0 aliphatic carbocycles. The Balaban J connectivity index is 1.53. The van der Waals surface area contributed by atoms with E-state index < -0.39 is 32.6 Å². The van der Waals surface area contributed by atoms with Crippen molar-refractivity contribution >= 4 is 51.1 Å². The van der Waals surface area contributed by atoms with Gasteiger partial charge in [0.2, 0.25) is 15.9 Å². The van der Waals surface area contributed by atoms with Gasteiger partial charge < -0.3 is 9.84 Å². The van der Waals surface area contributed by atoms with Gasteiger partial charge in [-0.3, -0.25) is 14.9 Å². The fourth-order valence-electron chi connectivity index (χ4n) is 4.05. The van der Waals surface area contributed by atoms with Crippen molar-refractivity contribution in [2.24, 2.45) is 5.92 Å². The number of halogens is 2. The molecule has 3 aromatic rings. The summed E-state index contributed by atoms with van der Waals surface area (Å²) < 4.78 is 47.5. The van der Waals surface area contributed by atoms with E-state index in [9.17, 15) is 27.7 Å². The van der Waals surface area contributed by atoms with Crippen molar-refractivity contribution in [3.8, 4) is 0 Å². The molecule has 1 fully saturated rings. The van der Waals surface area contributed by atoms with Crippen molar-refractivity contribution in [2.75, 3.05) is 18.4 Å². The number of aromatic nitrogens is 1. The molecule has 4 rings (SSSR count). The summed E-state index contributed by atoms with van der Waals surface area (Å²) in [5.41, 5.74) is 0.202. The molecule has 1 aliphatic heterocycles. The molecule has 1 atom stereocenters. The summed E-state index contributed by atoms with van der Waals surface area (Å²) >= 11 is 5.82. The number of benzene rings is 2. The number of piperidine rings is 1. The van der Waals surface area contributed by atoms with Crippen LogP contribution in [0.2, 0.25) is 5.02 Å². The minimum Gasteiger partial charge on any atom is -0.355 e. The standard InChI is InChI=1S/C24H22ClFN4O6S/c1-15-23(22(36-28-15)11-8-16-5-2-3-7-20(16)26)37(34,35)29-12-4-6-17(14-29)24(31)27-18-9-10-19(25)21(13-18)30(32)33/h2-3,5,7-11,13,17H,4,6,12,14H2,1H3,(H,27,31)/b11-8+/t17-/m1/s1. The SMILES string of the molecule is Cc1noc(/C=C/c2ccccc2F)c1S(=O)(=O)N1CCC[C@@H](C(=O)Nc2ccc(Cl)c([N+](=O)[O-])c2)C1. The lowest BCUT2D eigenvalue weighted by atomic mass is 9.98. The number of carbonyl (C=O) groups is 1. The minimum absolute atomic E-state index is 0.0548. The molecule has 0 unspecified atom stereocenters. The first-order valence-corrected chi connectivity index (χ1v) is 13.0. The molecule has 0 saturated carbocycles. The molecule has 2 heterocycles. The maximum absolute atomic E-state index is 14.0. The number of anilines is 1. The first-order valence-electron chi connectivity index (χ1n) is 11.2. The zero-order valence-electron chi connectivity index (χ0n) is 19.6. The van der Waals surface area contributed by atoms with E-state index in [4.69, 9.17) is 16.1 Å². The number of nitrogens with zero attached hydrogens (tertiary/aromatic N) is 3. The van der Waals surface area contributed by atoms with Gasteiger partial charge in [-0.2, -0.15) is 4.31 Å². The molecule has 1 N–H and O–H groups in total. The molecule has 1 amide bonds. The molecule has 10 nitrogen and oxygen atoms in total. The summed E-state index contributed by atoms with van der Waals surface area (Å²) in [5, 5.41) is 17.4. The van der Waals surface area contributed by atoms with Gasteiger partial charge in [-0.15, -0.1) is 0 Å². The van der Waals surface area contributed by atoms with E-state index in [1.54, 1.807) is 6.07 Å². The second kappa shape index (κ2) is 10.8. The van der Waals surface area contributed by atoms with Gasteiger partial charge >= 0.3 is 0 Å². The lowest BCUT2D eigenvalue weighted by Crippen LogP contribution is -2.43. The van der Waals surface area contributed by atoms with Gasteiger partial charge in [0.25, 0.3) is 5.69 Å². The second-order valence-corrected chi connectivity index (χ2v) is 10.7. The van der Waals surface area contributed by atoms with Crippen LogP contribution in [0.4, 0.5) is 15.8 Å². The Morgan fingerprint density at radius 2 is 2.05 bits per heavy atom. The molecule has 37 heavy (non-hydrogen) atoms. The highest BCUT2D eigenvalue weighted by Crippen LogP contribution is 2.31. The number of nitro groups is 1. The van der Waals surface area contributed by atoms with E-state index in [1.807, 2.05) is 0 Å². The van der Waals surface area contributed by atoms with E-state index in [2.05, 4.69) is 10.5 Å². The fraction of sp³-hybridized carbons (Fsp3) is 0.250. The van der Waals surface area contributed by atoms with E-state index in [1.165, 1.54) is 53.7 Å². The summed E-state index contributed by atoms with van der Waals surface area (Å²) in [6, 6.07) is 9.88. The molecule has 13 heteroatoms. The highest BCUT2D eigenvalue weighted by molar-refractivity contribution is 7.89. The predicted molar refractivity (Wildman–Crippen MR) is 135 cm³/mol. The minimum atomic E-state index is -4.11. The number of amides is 1. The first-order chi connectivity index (χ1) is 17.6. The summed E-state index contributed by atoms with van der Waals surface area (Å²) in [6.45, 7) is 1.56. The number of nitro benzene ring substituents is 1. The monoisotopic (exact) mass is 548 g/mol. The van der Waals surface area contributed by atoms with Crippen LogP contribution in [0.3, 0.4) is 0 Å². The second-order valence-electron chi connectivity index (χ2n) is 8.43. The molecule has 0 radical (unpaired) electrons. The number of rotatable bonds is 7. The highest BCUT2D eigenvalue weighted by atomic mass is 35.5. The largest absolute Gasteiger partial charge is 0.355 e. The number of sulfonamides is 1. The van der Waals surface area contributed by atoms with Crippen LogP contribution >= 0.6 is 11.6 Å². The van der Waals surface area contributed by atoms with Gasteiger partial charge in [-0.25, -0.2) is 12.8 Å². The zero-order valence-corrected chi connectivity index (χ0v) is 21.1. The number of nitrogens with one attached hydrogen (secondary N) is 1. The summed E-state index contributed by atoms with van der Waals surface area (Å²) in [5.74, 6) is -1.70. The molecule has 1 saturated heterocycles. The van der Waals surface area contributed by atoms with Gasteiger partial charge in [0.05, 0.1) is 10.8 Å². The van der Waals surface area contributed by atoms with Crippen LogP contribution in [0, 0.1) is 28.8 Å². The summed E-state index contributed by atoms with van der Waals surface area (Å²) in [7, 11) is -4.11. The average molecular weight is 549 g/mol. The Hall–Kier alpha value is -3.61. The van der Waals surface area contributed by atoms with Crippen LogP contribution in [0.1, 0.15) is 29.9 Å². The lowest BCUT2D eigenvalue weighted by Gasteiger charge is -2.31. The van der Waals surface area contributed by atoms with E-state index in [0.717, 1.165) is 6.07 Å². The average Bonchev–Trinajstić information content (AvgIpc) is 3.25. The molecule has 0 bridgehead atoms. The van der Waals surface area contributed by atoms with Crippen molar-refractivity contribution in [3.05, 3.63) is 80.4 Å². The van der Waals surface area contributed by atoms with Crippen molar-refractivity contribution in [1.82, 2.24) is 9.46 Å². The Morgan fingerprint density at radius 1 is 1.30 bits per heavy atom. The number of hydrogen-bond acceptors (Lipinski definition) is 7. The third-order valence-electron chi connectivity index (χ3n) is 5.92. The van der Waals surface area contributed by atoms with Gasteiger partial charge in [-0.1, -0.05) is 35.0 Å². The number of carbonyl (C=O) groups excluding carboxylic acids is 1. The van der Waals surface area contributed by atoms with Crippen LogP contribution < -0.4 is 5.32 Å². The normalized spacial score (nSPS) is 16.7. The molecule has 1 aromatic heterocycles. The summed E-state index contributed by atoms with van der Waals surface area (Å²) in [6.07, 6.45) is 3.58. The van der Waals surface area contributed by atoms with E-state index >= 15 is 0 Å². The smallest absolute Gasteiger partial charge is 0.289 e. The predicted octanol–water partition coefficient (Wildman–Crippen LogP) is 4.89. The maximum Gasteiger partial charge on any atom is 0.289 e. The van der Waals surface area contributed by atoms with Gasteiger partial charge in [-0.05, 0) is 50.1 Å². The van der Waals surface area contributed by atoms with Crippen molar-refractivity contribution in [3.63, 3.8) is 0 Å². The quantitative estimate of drug-likeness (QED) is 0.328. The number of hydrogen-bond donors (Lipinski definition) is 1. The van der Waals surface area contributed by atoms with Crippen molar-refractivity contribution in [2.45, 2.75) is 24.7 Å². The molecule has 194 valence electrons. The molecule has 2 aromatic carbocycles. The van der Waals surface area contributed by atoms with Gasteiger partial charge in [0, 0.05) is 30.4 Å². The van der Waals surface area contributed by atoms with Crippen LogP contribution in [0.15, 0.2) is 51.9 Å². The van der Waals surface area contributed by atoms with Crippen LogP contribution in [-0.4, -0.2) is 41.8 Å². The first kappa shape index (κ1) is 26.5. The van der Waals surface area contributed by atoms with Gasteiger partial charge in [0.15, 0.2) is 10.7 Å². The Kier molecular flexibility index (Phi) is 7.71. The van der Waals surface area contributed by atoms with E-state index in [-0.39, 0.29) is 51.4 Å². The third-order valence-corrected chi connectivity index (χ3v) is 8.26. The van der Waals surface area contributed by atoms with Crippen molar-refractivity contribution in [1.29, 1.82) is 0 Å². The summed E-state index contributed by atoms with van der Waals surface area (Å²) in [4.78, 5) is 23.2.